The molecule has 0 bridgehead atoms. The molecule has 14 aromatic rings. The Kier molecular flexibility index (Phi) is 22.4. The fourth-order valence-electron chi connectivity index (χ4n) is 17.1. The van der Waals surface area contributed by atoms with Gasteiger partial charge in [0.2, 0.25) is 0 Å². The van der Waals surface area contributed by atoms with Gasteiger partial charge in [0.15, 0.2) is 0 Å². The molecule has 0 aliphatic heterocycles. The number of ether oxygens (including phenoxy) is 2. The summed E-state index contributed by atoms with van der Waals surface area (Å²) < 4.78 is 12.4. The van der Waals surface area contributed by atoms with E-state index in [2.05, 4.69) is 369 Å². The Bertz CT molecular complexity index is 5640. The first-order valence-corrected chi connectivity index (χ1v) is 39.8. The minimum atomic E-state index is -0.386. The summed E-state index contributed by atoms with van der Waals surface area (Å²) in [7, 11) is 0. The van der Waals surface area contributed by atoms with Gasteiger partial charge in [0.05, 0.1) is 13.2 Å². The number of nitrogens with zero attached hydrogens (tertiary/aromatic N) is 2. The Morgan fingerprint density at radius 1 is 0.268 bits per heavy atom. The molecule has 0 radical (unpaired) electrons. The molecule has 0 amide bonds. The van der Waals surface area contributed by atoms with Gasteiger partial charge < -0.3 is 19.3 Å². The molecule has 16 rings (SSSR count). The smallest absolute Gasteiger partial charge is 0.119 e. The molecule has 0 fully saturated rings. The average Bonchev–Trinajstić information content (AvgIpc) is 1.56. The minimum Gasteiger partial charge on any atom is -0.494 e. The maximum atomic E-state index is 6.22. The van der Waals surface area contributed by atoms with E-state index >= 15 is 0 Å². The molecule has 4 heteroatoms. The van der Waals surface area contributed by atoms with Crippen LogP contribution in [0.25, 0.3) is 78.9 Å². The molecule has 2 atom stereocenters. The third kappa shape index (κ3) is 15.5. The largest absolute Gasteiger partial charge is 0.494 e. The molecule has 0 saturated carbocycles. The van der Waals surface area contributed by atoms with Crippen LogP contribution in [0.2, 0.25) is 0 Å². The van der Waals surface area contributed by atoms with Crippen LogP contribution >= 0.6 is 0 Å². The molecule has 0 spiro atoms. The van der Waals surface area contributed by atoms with Crippen molar-refractivity contribution in [1.82, 2.24) is 0 Å². The summed E-state index contributed by atoms with van der Waals surface area (Å²) in [5, 5.41) is 0. The Morgan fingerprint density at radius 2 is 0.661 bits per heavy atom. The Hall–Kier alpha value is -13.0. The van der Waals surface area contributed by atoms with Crippen LogP contribution < -0.4 is 19.3 Å². The summed E-state index contributed by atoms with van der Waals surface area (Å²) in [4.78, 5) is 4.93. The molecule has 14 aromatic carbocycles. The first-order chi connectivity index (χ1) is 55.4. The predicted octanol–water partition coefficient (Wildman–Crippen LogP) is 29.5. The van der Waals surface area contributed by atoms with Crippen molar-refractivity contribution in [3.05, 3.63) is 435 Å². The van der Waals surface area contributed by atoms with Gasteiger partial charge in [-0.05, 0) is 235 Å². The molecule has 2 aliphatic rings. The SMILES string of the molecule is C=C/C=C\C=C\C1(CCCCCCOc2ccc(C=C)cc2)c2ccccc2-c2ccc(N(c3ccc(-c4ccccc4)cc3)c3cccc(-c4cccc(-c5cccc(N(c6ccc(-c7ccccc7)cc6)c6ccc7c(c6)C(CCCCCCOc6ccc(C=C)cc6)(c6ccccc6)c6ccccc6-7)c5)c4)c3)cc21. The number of unbranched alkanes of at least 4 members (excludes halogenated alkanes) is 6. The highest BCUT2D eigenvalue weighted by Crippen LogP contribution is 2.58. The monoisotopic (exact) mass is 1450 g/mol. The summed E-state index contributed by atoms with van der Waals surface area (Å²) in [6, 6.07) is 127. The summed E-state index contributed by atoms with van der Waals surface area (Å²) >= 11 is 0. The van der Waals surface area contributed by atoms with E-state index in [1.807, 2.05) is 48.6 Å². The lowest BCUT2D eigenvalue weighted by molar-refractivity contribution is 0.303. The Labute approximate surface area is 662 Å². The van der Waals surface area contributed by atoms with Crippen molar-refractivity contribution < 1.29 is 9.47 Å². The second-order valence-electron chi connectivity index (χ2n) is 29.5. The molecular formula is C108H94N2O2. The maximum Gasteiger partial charge on any atom is 0.119 e. The molecule has 2 unspecified atom stereocenters. The number of hydrogen-bond acceptors (Lipinski definition) is 4. The van der Waals surface area contributed by atoms with E-state index in [1.165, 1.54) is 72.3 Å². The van der Waals surface area contributed by atoms with Gasteiger partial charge >= 0.3 is 0 Å². The second kappa shape index (κ2) is 34.3. The van der Waals surface area contributed by atoms with Gasteiger partial charge in [-0.3, -0.25) is 0 Å². The molecule has 0 N–H and O–H groups in total. The van der Waals surface area contributed by atoms with Crippen molar-refractivity contribution in [3.63, 3.8) is 0 Å². The van der Waals surface area contributed by atoms with Crippen molar-refractivity contribution in [1.29, 1.82) is 0 Å². The average molecular weight is 1450 g/mol. The Balaban J connectivity index is 0.735. The molecule has 112 heavy (non-hydrogen) atoms. The van der Waals surface area contributed by atoms with E-state index in [0.717, 1.165) is 143 Å². The van der Waals surface area contributed by atoms with E-state index in [1.54, 1.807) is 0 Å². The van der Waals surface area contributed by atoms with Crippen molar-refractivity contribution in [2.24, 2.45) is 0 Å². The first-order valence-electron chi connectivity index (χ1n) is 39.8. The zero-order valence-electron chi connectivity index (χ0n) is 63.8. The summed E-state index contributed by atoms with van der Waals surface area (Å²) in [6.45, 7) is 13.2. The lowest BCUT2D eigenvalue weighted by atomic mass is 9.69. The number of rotatable bonds is 32. The zero-order chi connectivity index (χ0) is 75.9. The summed E-state index contributed by atoms with van der Waals surface area (Å²) in [5.74, 6) is 1.80. The molecule has 0 heterocycles. The molecule has 4 nitrogen and oxygen atoms in total. The number of fused-ring (bicyclic) bond motifs is 6. The van der Waals surface area contributed by atoms with Crippen LogP contribution in [0.3, 0.4) is 0 Å². The third-order valence-electron chi connectivity index (χ3n) is 22.7. The van der Waals surface area contributed by atoms with Crippen LogP contribution in [0.1, 0.15) is 103 Å². The molecule has 548 valence electrons. The zero-order valence-corrected chi connectivity index (χ0v) is 63.8. The summed E-state index contributed by atoms with van der Waals surface area (Å²) in [6.07, 6.45) is 24.8. The van der Waals surface area contributed by atoms with Gasteiger partial charge in [-0.2, -0.15) is 0 Å². The fourth-order valence-corrected chi connectivity index (χ4v) is 17.1. The number of benzene rings is 14. The third-order valence-corrected chi connectivity index (χ3v) is 22.7. The van der Waals surface area contributed by atoms with Crippen LogP contribution in [0.5, 0.6) is 11.5 Å². The highest BCUT2D eigenvalue weighted by Gasteiger charge is 2.45. The van der Waals surface area contributed by atoms with Crippen LogP contribution in [0, 0.1) is 0 Å². The van der Waals surface area contributed by atoms with Gasteiger partial charge in [-0.15, -0.1) is 0 Å². The number of hydrogen-bond donors (Lipinski definition) is 0. The van der Waals surface area contributed by atoms with Crippen LogP contribution in [-0.2, 0) is 10.8 Å². The molecule has 0 aromatic heterocycles. The number of allylic oxidation sites excluding steroid dienone is 5. The van der Waals surface area contributed by atoms with Gasteiger partial charge in [0, 0.05) is 45.0 Å². The number of anilines is 6. The fraction of sp³-hybridized carbons (Fsp3) is 0.130. The van der Waals surface area contributed by atoms with Crippen molar-refractivity contribution in [2.75, 3.05) is 23.0 Å². The Morgan fingerprint density at radius 3 is 1.18 bits per heavy atom. The van der Waals surface area contributed by atoms with Crippen LogP contribution in [-0.4, -0.2) is 13.2 Å². The molecule has 2 aliphatic carbocycles. The topological polar surface area (TPSA) is 24.9 Å². The summed E-state index contributed by atoms with van der Waals surface area (Å²) in [5.41, 5.74) is 29.0. The van der Waals surface area contributed by atoms with E-state index in [-0.39, 0.29) is 10.8 Å². The lowest BCUT2D eigenvalue weighted by Gasteiger charge is -2.34. The van der Waals surface area contributed by atoms with Crippen molar-refractivity contribution >= 4 is 46.3 Å². The second-order valence-corrected chi connectivity index (χ2v) is 29.5. The minimum absolute atomic E-state index is 0.378. The van der Waals surface area contributed by atoms with E-state index in [9.17, 15) is 0 Å². The molecular weight excluding hydrogens is 1360 g/mol. The quantitative estimate of drug-likeness (QED) is 0.0310. The van der Waals surface area contributed by atoms with Crippen LogP contribution in [0.15, 0.2) is 396 Å². The van der Waals surface area contributed by atoms with Crippen LogP contribution in [0.4, 0.5) is 34.1 Å². The highest BCUT2D eigenvalue weighted by molar-refractivity contribution is 5.91. The standard InChI is InChI=1S/C108H94N2O2/c1-4-7-8-26-70-107(71-27-9-11-29-73-111-97-64-50-80(5-2)51-65-97)103-48-24-22-46-99(103)101-68-62-95(78-105(101)107)109(91-58-54-84(55-59-91)82-34-16-13-17-35-82)93-44-32-40-88(76-93)86-38-31-39-87(75-86)89-41-33-45-94(77-89)110(92-60-56-85(57-61-92)83-36-18-14-19-37-83)96-63-69-102-100-47-23-25-49-104(100)108(106(102)79-96,90-42-20-15-21-43-90)72-28-10-12-30-74-112-98-66-52-81(6-3)53-67-98/h4-8,13-26,31-70,75-79H,1-3,9-12,27-30,71-74H2/b8-7-,70-26+. The molecule has 0 saturated heterocycles. The van der Waals surface area contributed by atoms with Gasteiger partial charge in [-0.1, -0.05) is 343 Å². The van der Waals surface area contributed by atoms with E-state index in [4.69, 9.17) is 9.47 Å². The van der Waals surface area contributed by atoms with Crippen molar-refractivity contribution in [2.45, 2.75) is 75.0 Å². The lowest BCUT2D eigenvalue weighted by Crippen LogP contribution is -2.27. The van der Waals surface area contributed by atoms with Crippen molar-refractivity contribution in [3.8, 4) is 78.3 Å². The highest BCUT2D eigenvalue weighted by atomic mass is 16.5. The first kappa shape index (κ1) is 73.1. The van der Waals surface area contributed by atoms with E-state index < -0.39 is 0 Å². The van der Waals surface area contributed by atoms with E-state index in [0.29, 0.717) is 13.2 Å². The maximum absolute atomic E-state index is 6.22. The van der Waals surface area contributed by atoms with Gasteiger partial charge in [0.25, 0.3) is 0 Å². The van der Waals surface area contributed by atoms with Gasteiger partial charge in [-0.25, -0.2) is 0 Å². The predicted molar refractivity (Wildman–Crippen MR) is 474 cm³/mol. The normalized spacial score (nSPS) is 14.4. The van der Waals surface area contributed by atoms with Gasteiger partial charge in [0.1, 0.15) is 11.5 Å².